The van der Waals surface area contributed by atoms with Crippen LogP contribution in [0.2, 0.25) is 0 Å². The van der Waals surface area contributed by atoms with E-state index in [4.69, 9.17) is 5.73 Å². The Kier molecular flexibility index (Phi) is 4.93. The average molecular weight is 350 g/mol. The molecule has 0 aromatic heterocycles. The molecule has 1 aliphatic carbocycles. The summed E-state index contributed by atoms with van der Waals surface area (Å²) >= 11 is 0. The normalized spacial score (nSPS) is 25.4. The summed E-state index contributed by atoms with van der Waals surface area (Å²) in [6, 6.07) is 8.47. The number of benzene rings is 1. The molecule has 0 bridgehead atoms. The molecule has 6 heteroatoms. The Morgan fingerprint density at radius 2 is 2.08 bits per heavy atom. The van der Waals surface area contributed by atoms with Crippen molar-refractivity contribution in [3.8, 4) is 0 Å². The van der Waals surface area contributed by atoms with Crippen LogP contribution in [0.3, 0.4) is 0 Å². The van der Waals surface area contributed by atoms with Crippen LogP contribution in [0, 0.1) is 5.92 Å². The van der Waals surface area contributed by atoms with Crippen molar-refractivity contribution in [2.45, 2.75) is 37.2 Å². The second-order valence-electron chi connectivity index (χ2n) is 7.00. The van der Waals surface area contributed by atoms with Gasteiger partial charge in [-0.25, -0.2) is 8.78 Å². The molecule has 1 aromatic carbocycles. The van der Waals surface area contributed by atoms with Gasteiger partial charge in [-0.15, -0.1) is 0 Å². The van der Waals surface area contributed by atoms with Gasteiger partial charge in [0.1, 0.15) is 0 Å². The van der Waals surface area contributed by atoms with Crippen molar-refractivity contribution in [1.29, 1.82) is 0 Å². The Morgan fingerprint density at radius 3 is 2.60 bits per heavy atom. The molecule has 0 radical (unpaired) electrons. The highest BCUT2D eigenvalue weighted by Gasteiger charge is 2.54. The highest BCUT2D eigenvalue weighted by molar-refractivity contribution is 5.87. The van der Waals surface area contributed by atoms with Crippen LogP contribution in [0.25, 0.3) is 0 Å². The predicted molar refractivity (Wildman–Crippen MR) is 91.0 cm³/mol. The van der Waals surface area contributed by atoms with Crippen LogP contribution in [0.15, 0.2) is 42.0 Å². The van der Waals surface area contributed by atoms with Crippen molar-refractivity contribution in [1.82, 2.24) is 4.90 Å². The van der Waals surface area contributed by atoms with Gasteiger partial charge >= 0.3 is 0 Å². The summed E-state index contributed by atoms with van der Waals surface area (Å²) in [4.78, 5) is 14.7. The van der Waals surface area contributed by atoms with Crippen LogP contribution in [-0.2, 0) is 10.4 Å². The van der Waals surface area contributed by atoms with Gasteiger partial charge in [0, 0.05) is 38.4 Å². The second kappa shape index (κ2) is 6.84. The molecule has 1 aromatic rings. The summed E-state index contributed by atoms with van der Waals surface area (Å²) in [5.41, 5.74) is 5.16. The lowest BCUT2D eigenvalue weighted by molar-refractivity contribution is -0.160. The third-order valence-electron chi connectivity index (χ3n) is 5.39. The topological polar surface area (TPSA) is 66.6 Å². The number of nitrogens with two attached hydrogens (primary N) is 1. The smallest absolute Gasteiger partial charge is 0.259 e. The van der Waals surface area contributed by atoms with Gasteiger partial charge in [-0.05, 0) is 18.4 Å². The highest BCUT2D eigenvalue weighted by atomic mass is 19.3. The minimum absolute atomic E-state index is 0.127. The van der Waals surface area contributed by atoms with Crippen molar-refractivity contribution in [3.63, 3.8) is 0 Å². The second-order valence-corrected chi connectivity index (χ2v) is 7.00. The van der Waals surface area contributed by atoms with Gasteiger partial charge in [-0.1, -0.05) is 42.0 Å². The van der Waals surface area contributed by atoms with Crippen LogP contribution < -0.4 is 5.73 Å². The standard InChI is InChI=1S/C19H24F2N2O2/c20-18(21)9-6-16(12-18)19(25,15-4-2-1-3-5-15)17(24)23-10-7-14(13-22)8-11-23/h1-5,7,16,25H,6,8-13,22H2/t16-,19+/m1/s1. The molecule has 2 atom stereocenters. The first-order valence-corrected chi connectivity index (χ1v) is 8.70. The SMILES string of the molecule is NCC1=CCN(C(=O)[C@](O)(c2ccccc2)[C@@H]2CCC(F)(F)C2)CC1. The molecule has 1 amide bonds. The molecular weight excluding hydrogens is 326 g/mol. The zero-order valence-electron chi connectivity index (χ0n) is 14.1. The number of hydrogen-bond donors (Lipinski definition) is 2. The molecule has 0 saturated heterocycles. The highest BCUT2D eigenvalue weighted by Crippen LogP contribution is 2.48. The van der Waals surface area contributed by atoms with Gasteiger partial charge < -0.3 is 15.7 Å². The number of nitrogens with zero attached hydrogens (tertiary/aromatic N) is 1. The van der Waals surface area contributed by atoms with E-state index in [1.54, 1.807) is 35.2 Å². The molecule has 1 saturated carbocycles. The van der Waals surface area contributed by atoms with E-state index in [0.29, 0.717) is 31.6 Å². The fourth-order valence-electron chi connectivity index (χ4n) is 3.85. The van der Waals surface area contributed by atoms with Crippen LogP contribution in [0.1, 0.15) is 31.2 Å². The first kappa shape index (κ1) is 18.0. The molecule has 1 aliphatic heterocycles. The summed E-state index contributed by atoms with van der Waals surface area (Å²) < 4.78 is 27.6. The third-order valence-corrected chi connectivity index (χ3v) is 5.39. The lowest BCUT2D eigenvalue weighted by Gasteiger charge is -2.38. The van der Waals surface area contributed by atoms with Crippen LogP contribution in [-0.4, -0.2) is 41.5 Å². The quantitative estimate of drug-likeness (QED) is 0.820. The number of alkyl halides is 2. The molecule has 1 fully saturated rings. The Hall–Kier alpha value is -1.79. The summed E-state index contributed by atoms with van der Waals surface area (Å²) in [5, 5.41) is 11.4. The largest absolute Gasteiger partial charge is 0.375 e. The van der Waals surface area contributed by atoms with E-state index in [1.165, 1.54) is 0 Å². The number of aliphatic hydroxyl groups is 1. The van der Waals surface area contributed by atoms with E-state index in [0.717, 1.165) is 5.57 Å². The maximum Gasteiger partial charge on any atom is 0.259 e. The van der Waals surface area contributed by atoms with Crippen LogP contribution in [0.5, 0.6) is 0 Å². The van der Waals surface area contributed by atoms with E-state index in [-0.39, 0.29) is 12.8 Å². The Balaban J connectivity index is 1.92. The summed E-state index contributed by atoms with van der Waals surface area (Å²) in [7, 11) is 0. The fourth-order valence-corrected chi connectivity index (χ4v) is 3.85. The van der Waals surface area contributed by atoms with Gasteiger partial charge in [-0.3, -0.25) is 4.79 Å². The maximum atomic E-state index is 13.8. The number of carbonyl (C=O) groups excluding carboxylic acids is 1. The van der Waals surface area contributed by atoms with Crippen molar-refractivity contribution >= 4 is 5.91 Å². The Bertz CT molecular complexity index is 663. The molecule has 25 heavy (non-hydrogen) atoms. The summed E-state index contributed by atoms with van der Waals surface area (Å²) in [6.07, 6.45) is 1.89. The molecule has 1 heterocycles. The number of rotatable bonds is 4. The first-order chi connectivity index (χ1) is 11.9. The van der Waals surface area contributed by atoms with Gasteiger partial charge in [-0.2, -0.15) is 0 Å². The number of carbonyl (C=O) groups is 1. The molecule has 136 valence electrons. The molecule has 0 unspecified atom stereocenters. The van der Waals surface area contributed by atoms with Crippen molar-refractivity contribution in [3.05, 3.63) is 47.5 Å². The van der Waals surface area contributed by atoms with E-state index in [1.807, 2.05) is 6.08 Å². The predicted octanol–water partition coefficient (Wildman–Crippen LogP) is 2.43. The van der Waals surface area contributed by atoms with E-state index in [9.17, 15) is 18.7 Å². The van der Waals surface area contributed by atoms with Crippen molar-refractivity contribution in [2.75, 3.05) is 19.6 Å². The Labute approximate surface area is 146 Å². The van der Waals surface area contributed by atoms with E-state index in [2.05, 4.69) is 0 Å². The van der Waals surface area contributed by atoms with Crippen molar-refractivity contribution in [2.24, 2.45) is 11.7 Å². The average Bonchev–Trinajstić information content (AvgIpc) is 3.01. The summed E-state index contributed by atoms with van der Waals surface area (Å²) in [5.74, 6) is -4.12. The van der Waals surface area contributed by atoms with Crippen molar-refractivity contribution < 1.29 is 18.7 Å². The van der Waals surface area contributed by atoms with Crippen LogP contribution >= 0.6 is 0 Å². The lowest BCUT2D eigenvalue weighted by Crippen LogP contribution is -2.52. The minimum Gasteiger partial charge on any atom is -0.375 e. The molecule has 2 aliphatic rings. The monoisotopic (exact) mass is 350 g/mol. The molecular formula is C19H24F2N2O2. The van der Waals surface area contributed by atoms with Gasteiger partial charge in [0.2, 0.25) is 5.92 Å². The van der Waals surface area contributed by atoms with Gasteiger partial charge in [0.15, 0.2) is 5.60 Å². The van der Waals surface area contributed by atoms with Gasteiger partial charge in [0.05, 0.1) is 0 Å². The molecule has 3 N–H and O–H groups in total. The van der Waals surface area contributed by atoms with Crippen LogP contribution in [0.4, 0.5) is 8.78 Å². The Morgan fingerprint density at radius 1 is 1.36 bits per heavy atom. The van der Waals surface area contributed by atoms with E-state index >= 15 is 0 Å². The summed E-state index contributed by atoms with van der Waals surface area (Å²) in [6.45, 7) is 1.24. The zero-order valence-corrected chi connectivity index (χ0v) is 14.1. The zero-order chi connectivity index (χ0) is 18.1. The molecule has 0 spiro atoms. The molecule has 4 nitrogen and oxygen atoms in total. The van der Waals surface area contributed by atoms with Gasteiger partial charge in [0.25, 0.3) is 5.91 Å². The third kappa shape index (κ3) is 3.46. The first-order valence-electron chi connectivity index (χ1n) is 8.70. The number of amides is 1. The fraction of sp³-hybridized carbons (Fsp3) is 0.526. The van der Waals surface area contributed by atoms with E-state index < -0.39 is 29.8 Å². The minimum atomic E-state index is -2.83. The molecule has 3 rings (SSSR count). The lowest BCUT2D eigenvalue weighted by atomic mass is 9.78. The number of halogens is 2. The number of hydrogen-bond acceptors (Lipinski definition) is 3. The maximum absolute atomic E-state index is 13.8.